The van der Waals surface area contributed by atoms with Gasteiger partial charge in [0.15, 0.2) is 0 Å². The molecular weight excluding hydrogens is 299 g/mol. The lowest BCUT2D eigenvalue weighted by molar-refractivity contribution is -0.121. The number of amides is 2. The van der Waals surface area contributed by atoms with Crippen LogP contribution in [0.2, 0.25) is 10.0 Å². The molecule has 2 N–H and O–H groups in total. The average Bonchev–Trinajstić information content (AvgIpc) is 2.38. The summed E-state index contributed by atoms with van der Waals surface area (Å²) in [5.74, 6) is -0.398. The second kappa shape index (κ2) is 8.12. The average molecular weight is 317 g/mol. The molecule has 0 radical (unpaired) electrons. The molecule has 0 saturated carbocycles. The van der Waals surface area contributed by atoms with Crippen LogP contribution in [0, 0.1) is 0 Å². The summed E-state index contributed by atoms with van der Waals surface area (Å²) in [6.45, 7) is 4.19. The summed E-state index contributed by atoms with van der Waals surface area (Å²) in [4.78, 5) is 23.4. The minimum Gasteiger partial charge on any atom is -0.354 e. The van der Waals surface area contributed by atoms with Crippen LogP contribution < -0.4 is 10.6 Å². The predicted molar refractivity (Wildman–Crippen MR) is 81.3 cm³/mol. The molecule has 0 fully saturated rings. The predicted octanol–water partition coefficient (Wildman–Crippen LogP) is 3.03. The third-order valence-corrected chi connectivity index (χ3v) is 3.38. The monoisotopic (exact) mass is 316 g/mol. The van der Waals surface area contributed by atoms with Gasteiger partial charge in [-0.25, -0.2) is 0 Å². The maximum Gasteiger partial charge on any atom is 0.252 e. The topological polar surface area (TPSA) is 58.2 Å². The number of benzene rings is 1. The van der Waals surface area contributed by atoms with Crippen LogP contribution in [0.25, 0.3) is 0 Å². The molecule has 1 atom stereocenters. The van der Waals surface area contributed by atoms with Crippen LogP contribution in [-0.4, -0.2) is 24.4 Å². The zero-order valence-corrected chi connectivity index (χ0v) is 13.0. The summed E-state index contributed by atoms with van der Waals surface area (Å²) in [5.41, 5.74) is 0.346. The Labute approximate surface area is 128 Å². The molecule has 0 aromatic heterocycles. The Morgan fingerprint density at radius 2 is 2.00 bits per heavy atom. The minimum absolute atomic E-state index is 0.0816. The summed E-state index contributed by atoms with van der Waals surface area (Å²) in [6.07, 6.45) is 1.11. The van der Waals surface area contributed by atoms with E-state index >= 15 is 0 Å². The zero-order chi connectivity index (χ0) is 15.1. The van der Waals surface area contributed by atoms with Gasteiger partial charge < -0.3 is 10.6 Å². The van der Waals surface area contributed by atoms with Crippen LogP contribution in [0.3, 0.4) is 0 Å². The summed E-state index contributed by atoms with van der Waals surface area (Å²) in [5, 5.41) is 6.24. The van der Waals surface area contributed by atoms with Crippen molar-refractivity contribution in [3.8, 4) is 0 Å². The van der Waals surface area contributed by atoms with Gasteiger partial charge in [-0.1, -0.05) is 30.1 Å². The van der Waals surface area contributed by atoms with E-state index in [9.17, 15) is 9.59 Å². The zero-order valence-electron chi connectivity index (χ0n) is 11.5. The molecule has 0 bridgehead atoms. The van der Waals surface area contributed by atoms with Gasteiger partial charge in [-0.3, -0.25) is 9.59 Å². The fraction of sp³-hybridized carbons (Fsp3) is 0.429. The molecule has 1 unspecified atom stereocenters. The van der Waals surface area contributed by atoms with Gasteiger partial charge in [0.25, 0.3) is 5.91 Å². The van der Waals surface area contributed by atoms with E-state index < -0.39 is 0 Å². The lowest BCUT2D eigenvalue weighted by Crippen LogP contribution is -2.35. The first-order chi connectivity index (χ1) is 9.43. The molecule has 0 saturated heterocycles. The molecule has 20 heavy (non-hydrogen) atoms. The summed E-state index contributed by atoms with van der Waals surface area (Å²) in [7, 11) is 0. The highest BCUT2D eigenvalue weighted by atomic mass is 35.5. The SMILES string of the molecule is CCC(C)NC(=O)CCNC(=O)c1ccc(Cl)cc1Cl. The highest BCUT2D eigenvalue weighted by molar-refractivity contribution is 6.36. The molecule has 4 nitrogen and oxygen atoms in total. The van der Waals surface area contributed by atoms with Crippen LogP contribution in [0.15, 0.2) is 18.2 Å². The Morgan fingerprint density at radius 3 is 2.60 bits per heavy atom. The van der Waals surface area contributed by atoms with Gasteiger partial charge in [0, 0.05) is 24.0 Å². The molecule has 0 spiro atoms. The minimum atomic E-state index is -0.317. The molecule has 1 aromatic carbocycles. The van der Waals surface area contributed by atoms with E-state index in [4.69, 9.17) is 23.2 Å². The van der Waals surface area contributed by atoms with E-state index in [0.717, 1.165) is 6.42 Å². The molecule has 1 aromatic rings. The maximum absolute atomic E-state index is 11.9. The van der Waals surface area contributed by atoms with Gasteiger partial charge in [0.05, 0.1) is 10.6 Å². The Bertz CT molecular complexity index is 492. The number of rotatable bonds is 6. The fourth-order valence-corrected chi connectivity index (χ4v) is 2.00. The molecule has 6 heteroatoms. The highest BCUT2D eigenvalue weighted by Gasteiger charge is 2.11. The molecule has 0 aliphatic rings. The molecule has 2 amide bonds. The summed E-state index contributed by atoms with van der Waals surface area (Å²) < 4.78 is 0. The van der Waals surface area contributed by atoms with Gasteiger partial charge in [-0.05, 0) is 31.5 Å². The first-order valence-electron chi connectivity index (χ1n) is 6.46. The Morgan fingerprint density at radius 1 is 1.30 bits per heavy atom. The van der Waals surface area contributed by atoms with Crippen molar-refractivity contribution in [3.05, 3.63) is 33.8 Å². The van der Waals surface area contributed by atoms with Crippen LogP contribution in [-0.2, 0) is 4.79 Å². The summed E-state index contributed by atoms with van der Waals surface area (Å²) in [6, 6.07) is 4.80. The second-order valence-electron chi connectivity index (χ2n) is 4.51. The Balaban J connectivity index is 2.42. The quantitative estimate of drug-likeness (QED) is 0.847. The van der Waals surface area contributed by atoms with E-state index in [1.54, 1.807) is 12.1 Å². The van der Waals surface area contributed by atoms with Crippen LogP contribution in [0.1, 0.15) is 37.0 Å². The van der Waals surface area contributed by atoms with Crippen molar-refractivity contribution >= 4 is 35.0 Å². The van der Waals surface area contributed by atoms with Gasteiger partial charge in [0.1, 0.15) is 0 Å². The maximum atomic E-state index is 11.9. The third kappa shape index (κ3) is 5.39. The van der Waals surface area contributed by atoms with Gasteiger partial charge >= 0.3 is 0 Å². The van der Waals surface area contributed by atoms with E-state index in [2.05, 4.69) is 10.6 Å². The standard InChI is InChI=1S/C14H18Cl2N2O2/c1-3-9(2)18-13(19)6-7-17-14(20)11-5-4-10(15)8-12(11)16/h4-5,8-9H,3,6-7H2,1-2H3,(H,17,20)(H,18,19). The van der Waals surface area contributed by atoms with Crippen molar-refractivity contribution in [2.45, 2.75) is 32.7 Å². The van der Waals surface area contributed by atoms with E-state index in [1.165, 1.54) is 6.07 Å². The largest absolute Gasteiger partial charge is 0.354 e. The molecule has 0 heterocycles. The summed E-state index contributed by atoms with van der Waals surface area (Å²) >= 11 is 11.7. The number of hydrogen-bond acceptors (Lipinski definition) is 2. The number of halogens is 2. The number of nitrogens with one attached hydrogen (secondary N) is 2. The molecule has 0 aliphatic carbocycles. The number of carbonyl (C=O) groups excluding carboxylic acids is 2. The number of carbonyl (C=O) groups is 2. The molecule has 0 aliphatic heterocycles. The Kier molecular flexibility index (Phi) is 6.82. The van der Waals surface area contributed by atoms with Gasteiger partial charge in [-0.2, -0.15) is 0 Å². The van der Waals surface area contributed by atoms with Gasteiger partial charge in [0.2, 0.25) is 5.91 Å². The van der Waals surface area contributed by atoms with E-state index in [1.807, 2.05) is 13.8 Å². The number of hydrogen-bond donors (Lipinski definition) is 2. The van der Waals surface area contributed by atoms with Crippen molar-refractivity contribution in [1.82, 2.24) is 10.6 Å². The van der Waals surface area contributed by atoms with E-state index in [0.29, 0.717) is 15.6 Å². The molecule has 1 rings (SSSR count). The van der Waals surface area contributed by atoms with E-state index in [-0.39, 0.29) is 30.8 Å². The molecular formula is C14H18Cl2N2O2. The van der Waals surface area contributed by atoms with Crippen molar-refractivity contribution in [2.24, 2.45) is 0 Å². The lowest BCUT2D eigenvalue weighted by Gasteiger charge is -2.11. The van der Waals surface area contributed by atoms with Crippen molar-refractivity contribution < 1.29 is 9.59 Å². The lowest BCUT2D eigenvalue weighted by atomic mass is 10.2. The van der Waals surface area contributed by atoms with Gasteiger partial charge in [-0.15, -0.1) is 0 Å². The first-order valence-corrected chi connectivity index (χ1v) is 7.22. The van der Waals surface area contributed by atoms with Crippen LogP contribution in [0.5, 0.6) is 0 Å². The van der Waals surface area contributed by atoms with Crippen molar-refractivity contribution in [2.75, 3.05) is 6.54 Å². The van der Waals surface area contributed by atoms with Crippen LogP contribution in [0.4, 0.5) is 0 Å². The smallest absolute Gasteiger partial charge is 0.252 e. The fourth-order valence-electron chi connectivity index (χ4n) is 1.51. The normalized spacial score (nSPS) is 11.8. The van der Waals surface area contributed by atoms with Crippen molar-refractivity contribution in [3.63, 3.8) is 0 Å². The molecule has 110 valence electrons. The Hall–Kier alpha value is -1.26. The first kappa shape index (κ1) is 16.8. The third-order valence-electron chi connectivity index (χ3n) is 2.83. The second-order valence-corrected chi connectivity index (χ2v) is 5.35. The van der Waals surface area contributed by atoms with Crippen LogP contribution >= 0.6 is 23.2 Å². The highest BCUT2D eigenvalue weighted by Crippen LogP contribution is 2.20. The van der Waals surface area contributed by atoms with Crippen molar-refractivity contribution in [1.29, 1.82) is 0 Å².